The molecule has 1 aromatic rings. The molecule has 2 N–H and O–H groups in total. The molecule has 1 aromatic carbocycles. The van der Waals surface area contributed by atoms with Crippen LogP contribution in [-0.2, 0) is 0 Å². The molecule has 0 amide bonds. The van der Waals surface area contributed by atoms with E-state index in [4.69, 9.17) is 5.26 Å². The van der Waals surface area contributed by atoms with Crippen LogP contribution >= 0.6 is 0 Å². The van der Waals surface area contributed by atoms with Crippen LogP contribution < -0.4 is 5.32 Å². The molecule has 0 radical (unpaired) electrons. The molecule has 18 heavy (non-hydrogen) atoms. The Morgan fingerprint density at radius 1 is 1.33 bits per heavy atom. The van der Waals surface area contributed by atoms with E-state index in [1.807, 2.05) is 24.3 Å². The van der Waals surface area contributed by atoms with Crippen molar-refractivity contribution in [3.63, 3.8) is 0 Å². The Morgan fingerprint density at radius 3 is 2.67 bits per heavy atom. The Balaban J connectivity index is 1.94. The molecule has 0 spiro atoms. The third-order valence-corrected chi connectivity index (χ3v) is 3.67. The Hall–Kier alpha value is -1.37. The van der Waals surface area contributed by atoms with Crippen LogP contribution in [0.2, 0.25) is 0 Å². The fourth-order valence-corrected chi connectivity index (χ4v) is 2.61. The molecule has 0 aromatic heterocycles. The number of hydrogen-bond acceptors (Lipinski definition) is 3. The highest BCUT2D eigenvalue weighted by Gasteiger charge is 2.21. The number of hydrogen-bond donors (Lipinski definition) is 2. The van der Waals surface area contributed by atoms with E-state index in [-0.39, 0.29) is 12.1 Å². The summed E-state index contributed by atoms with van der Waals surface area (Å²) in [5.74, 6) is 0. The van der Waals surface area contributed by atoms with Gasteiger partial charge in [0.05, 0.1) is 17.7 Å². The minimum atomic E-state index is -0.149. The monoisotopic (exact) mass is 244 g/mol. The predicted octanol–water partition coefficient (Wildman–Crippen LogP) is 2.51. The van der Waals surface area contributed by atoms with E-state index in [2.05, 4.69) is 18.3 Å². The van der Waals surface area contributed by atoms with Gasteiger partial charge in [-0.2, -0.15) is 5.26 Å². The maximum Gasteiger partial charge on any atom is 0.0991 e. The molecule has 3 unspecified atom stereocenters. The SMILES string of the molecule is CC(NC1CCCC(O)C1)c1ccc(C#N)cc1. The van der Waals surface area contributed by atoms with Crippen LogP contribution in [0.25, 0.3) is 0 Å². The van der Waals surface area contributed by atoms with Gasteiger partial charge in [-0.05, 0) is 50.3 Å². The van der Waals surface area contributed by atoms with Crippen molar-refractivity contribution in [1.29, 1.82) is 5.26 Å². The maximum atomic E-state index is 9.66. The number of rotatable bonds is 3. The summed E-state index contributed by atoms with van der Waals surface area (Å²) in [6, 6.07) is 10.5. The fourth-order valence-electron chi connectivity index (χ4n) is 2.61. The molecule has 0 saturated heterocycles. The topological polar surface area (TPSA) is 56.0 Å². The van der Waals surface area contributed by atoms with E-state index in [9.17, 15) is 5.11 Å². The van der Waals surface area contributed by atoms with Gasteiger partial charge in [-0.3, -0.25) is 0 Å². The first kappa shape index (κ1) is 13.1. The summed E-state index contributed by atoms with van der Waals surface area (Å²) in [7, 11) is 0. The van der Waals surface area contributed by atoms with Gasteiger partial charge >= 0.3 is 0 Å². The van der Waals surface area contributed by atoms with E-state index in [1.54, 1.807) is 0 Å². The lowest BCUT2D eigenvalue weighted by Crippen LogP contribution is -2.37. The molecule has 3 heteroatoms. The van der Waals surface area contributed by atoms with Crippen molar-refractivity contribution < 1.29 is 5.11 Å². The van der Waals surface area contributed by atoms with E-state index in [0.29, 0.717) is 11.6 Å². The molecular formula is C15H20N2O. The lowest BCUT2D eigenvalue weighted by atomic mass is 9.92. The summed E-state index contributed by atoms with van der Waals surface area (Å²) >= 11 is 0. The molecular weight excluding hydrogens is 224 g/mol. The highest BCUT2D eigenvalue weighted by molar-refractivity contribution is 5.32. The van der Waals surface area contributed by atoms with Gasteiger partial charge in [0.1, 0.15) is 0 Å². The largest absolute Gasteiger partial charge is 0.393 e. The Bertz CT molecular complexity index is 421. The Morgan fingerprint density at radius 2 is 2.06 bits per heavy atom. The minimum Gasteiger partial charge on any atom is -0.393 e. The van der Waals surface area contributed by atoms with E-state index in [1.165, 1.54) is 5.56 Å². The third kappa shape index (κ3) is 3.32. The second-order valence-corrected chi connectivity index (χ2v) is 5.14. The van der Waals surface area contributed by atoms with Gasteiger partial charge in [0.15, 0.2) is 0 Å². The zero-order valence-corrected chi connectivity index (χ0v) is 10.8. The first-order valence-corrected chi connectivity index (χ1v) is 6.63. The summed E-state index contributed by atoms with van der Waals surface area (Å²) < 4.78 is 0. The number of benzene rings is 1. The number of nitrogens with zero attached hydrogens (tertiary/aromatic N) is 1. The molecule has 1 aliphatic carbocycles. The Labute approximate surface area is 108 Å². The molecule has 0 bridgehead atoms. The number of nitrogens with one attached hydrogen (secondary N) is 1. The summed E-state index contributed by atoms with van der Waals surface area (Å²) in [4.78, 5) is 0. The highest BCUT2D eigenvalue weighted by Crippen LogP contribution is 2.22. The summed E-state index contributed by atoms with van der Waals surface area (Å²) in [5.41, 5.74) is 1.88. The maximum absolute atomic E-state index is 9.66. The van der Waals surface area contributed by atoms with Gasteiger partial charge in [-0.25, -0.2) is 0 Å². The van der Waals surface area contributed by atoms with Gasteiger partial charge in [0.2, 0.25) is 0 Å². The lowest BCUT2D eigenvalue weighted by molar-refractivity contribution is 0.109. The standard InChI is InChI=1S/C15H20N2O/c1-11(13-7-5-12(10-16)6-8-13)17-14-3-2-4-15(18)9-14/h5-8,11,14-15,17-18H,2-4,9H2,1H3. The predicted molar refractivity (Wildman–Crippen MR) is 71.0 cm³/mol. The summed E-state index contributed by atoms with van der Waals surface area (Å²) in [6.07, 6.45) is 3.87. The average molecular weight is 244 g/mol. The van der Waals surface area contributed by atoms with Gasteiger partial charge in [0, 0.05) is 12.1 Å². The first-order valence-electron chi connectivity index (χ1n) is 6.63. The van der Waals surface area contributed by atoms with Gasteiger partial charge in [0.25, 0.3) is 0 Å². The smallest absolute Gasteiger partial charge is 0.0991 e. The molecule has 2 rings (SSSR count). The van der Waals surface area contributed by atoms with Crippen LogP contribution in [-0.4, -0.2) is 17.3 Å². The molecule has 3 atom stereocenters. The minimum absolute atomic E-state index is 0.149. The van der Waals surface area contributed by atoms with Crippen molar-refractivity contribution in [2.24, 2.45) is 0 Å². The van der Waals surface area contributed by atoms with Crippen molar-refractivity contribution in [3.05, 3.63) is 35.4 Å². The molecule has 1 fully saturated rings. The first-order chi connectivity index (χ1) is 8.69. The van der Waals surface area contributed by atoms with Crippen molar-refractivity contribution in [3.8, 4) is 6.07 Å². The van der Waals surface area contributed by atoms with Gasteiger partial charge in [-0.15, -0.1) is 0 Å². The van der Waals surface area contributed by atoms with Crippen LogP contribution in [0.3, 0.4) is 0 Å². The summed E-state index contributed by atoms with van der Waals surface area (Å²) in [6.45, 7) is 2.13. The van der Waals surface area contributed by atoms with Crippen molar-refractivity contribution in [2.45, 2.75) is 50.8 Å². The molecule has 1 aliphatic rings. The van der Waals surface area contributed by atoms with Crippen molar-refractivity contribution >= 4 is 0 Å². The van der Waals surface area contributed by atoms with Gasteiger partial charge < -0.3 is 10.4 Å². The zero-order chi connectivity index (χ0) is 13.0. The number of aliphatic hydroxyl groups is 1. The van der Waals surface area contributed by atoms with Gasteiger partial charge in [-0.1, -0.05) is 12.1 Å². The lowest BCUT2D eigenvalue weighted by Gasteiger charge is -2.29. The molecule has 0 heterocycles. The number of aliphatic hydroxyl groups excluding tert-OH is 1. The van der Waals surface area contributed by atoms with Crippen molar-refractivity contribution in [1.82, 2.24) is 5.32 Å². The molecule has 3 nitrogen and oxygen atoms in total. The normalized spacial score (nSPS) is 25.4. The van der Waals surface area contributed by atoms with E-state index in [0.717, 1.165) is 25.7 Å². The average Bonchev–Trinajstić information content (AvgIpc) is 2.39. The van der Waals surface area contributed by atoms with E-state index >= 15 is 0 Å². The molecule has 96 valence electrons. The second kappa shape index (κ2) is 5.99. The quantitative estimate of drug-likeness (QED) is 0.859. The fraction of sp³-hybridized carbons (Fsp3) is 0.533. The van der Waals surface area contributed by atoms with Crippen molar-refractivity contribution in [2.75, 3.05) is 0 Å². The number of nitriles is 1. The van der Waals surface area contributed by atoms with Crippen LogP contribution in [0.5, 0.6) is 0 Å². The molecule has 0 aliphatic heterocycles. The zero-order valence-electron chi connectivity index (χ0n) is 10.8. The van der Waals surface area contributed by atoms with Crippen LogP contribution in [0.1, 0.15) is 49.8 Å². The van der Waals surface area contributed by atoms with Crippen LogP contribution in [0.4, 0.5) is 0 Å². The molecule has 1 saturated carbocycles. The Kier molecular flexibility index (Phi) is 4.35. The third-order valence-electron chi connectivity index (χ3n) is 3.67. The van der Waals surface area contributed by atoms with Crippen LogP contribution in [0.15, 0.2) is 24.3 Å². The second-order valence-electron chi connectivity index (χ2n) is 5.14. The van der Waals surface area contributed by atoms with E-state index < -0.39 is 0 Å². The van der Waals surface area contributed by atoms with Crippen LogP contribution in [0, 0.1) is 11.3 Å². The highest BCUT2D eigenvalue weighted by atomic mass is 16.3. The summed E-state index contributed by atoms with van der Waals surface area (Å²) in [5, 5.41) is 22.0.